The Morgan fingerprint density at radius 3 is 2.73 bits per heavy atom. The predicted octanol–water partition coefficient (Wildman–Crippen LogP) is -0.377. The Kier molecular flexibility index (Phi) is 7.60. The van der Waals surface area contributed by atoms with Gasteiger partial charge in [0, 0.05) is 19.2 Å². The van der Waals surface area contributed by atoms with E-state index < -0.39 is 0 Å². The summed E-state index contributed by atoms with van der Waals surface area (Å²) in [4.78, 5) is 11.2. The minimum Gasteiger partial charge on any atom is -0.396 e. The largest absolute Gasteiger partial charge is 0.396 e. The van der Waals surface area contributed by atoms with Crippen LogP contribution in [-0.2, 0) is 4.79 Å². The molecule has 2 atom stereocenters. The molecule has 0 aliphatic heterocycles. The molecule has 0 rings (SSSR count). The molecule has 0 radical (unpaired) electrons. The van der Waals surface area contributed by atoms with Gasteiger partial charge in [-0.05, 0) is 12.8 Å². The van der Waals surface area contributed by atoms with Crippen molar-refractivity contribution >= 4 is 5.91 Å². The molecule has 5 nitrogen and oxygen atoms in total. The van der Waals surface area contributed by atoms with Crippen molar-refractivity contribution < 1.29 is 9.90 Å². The third kappa shape index (κ3) is 6.89. The molecule has 0 saturated carbocycles. The van der Waals surface area contributed by atoms with Crippen LogP contribution in [0.4, 0.5) is 0 Å². The molecule has 2 unspecified atom stereocenters. The maximum absolute atomic E-state index is 11.2. The van der Waals surface area contributed by atoms with E-state index in [1.54, 1.807) is 0 Å². The van der Waals surface area contributed by atoms with Crippen LogP contribution in [-0.4, -0.2) is 36.8 Å². The van der Waals surface area contributed by atoms with Gasteiger partial charge in [-0.15, -0.1) is 0 Å². The molecule has 0 aliphatic rings. The smallest absolute Gasteiger partial charge is 0.233 e. The fourth-order valence-corrected chi connectivity index (χ4v) is 0.933. The van der Waals surface area contributed by atoms with Gasteiger partial charge in [0.15, 0.2) is 0 Å². The van der Waals surface area contributed by atoms with E-state index in [1.807, 2.05) is 19.9 Å². The summed E-state index contributed by atoms with van der Waals surface area (Å²) in [5.41, 5.74) is 0. The number of rotatable bonds is 7. The second-order valence-corrected chi connectivity index (χ2v) is 3.59. The van der Waals surface area contributed by atoms with E-state index in [0.717, 1.165) is 0 Å². The highest BCUT2D eigenvalue weighted by Crippen LogP contribution is 1.99. The van der Waals surface area contributed by atoms with Gasteiger partial charge >= 0.3 is 0 Å². The Morgan fingerprint density at radius 2 is 2.20 bits per heavy atom. The fraction of sp³-hybridized carbons (Fsp3) is 0.800. The van der Waals surface area contributed by atoms with E-state index in [-0.39, 0.29) is 31.0 Å². The van der Waals surface area contributed by atoms with Crippen molar-refractivity contribution in [2.24, 2.45) is 5.92 Å². The van der Waals surface area contributed by atoms with Crippen molar-refractivity contribution in [2.75, 3.05) is 19.7 Å². The van der Waals surface area contributed by atoms with Gasteiger partial charge in [-0.1, -0.05) is 6.92 Å². The first-order valence-corrected chi connectivity index (χ1v) is 5.09. The van der Waals surface area contributed by atoms with Crippen LogP contribution in [0.15, 0.2) is 0 Å². The molecule has 0 saturated heterocycles. The van der Waals surface area contributed by atoms with Gasteiger partial charge in [0.1, 0.15) is 0 Å². The molecule has 0 bridgehead atoms. The Morgan fingerprint density at radius 1 is 1.53 bits per heavy atom. The lowest BCUT2D eigenvalue weighted by molar-refractivity contribution is -0.120. The molecule has 0 aromatic heterocycles. The summed E-state index contributed by atoms with van der Waals surface area (Å²) < 4.78 is 0. The molecule has 0 fully saturated rings. The second kappa shape index (κ2) is 8.21. The van der Waals surface area contributed by atoms with Crippen LogP contribution in [0.5, 0.6) is 0 Å². The number of hydrogen-bond donors (Lipinski definition) is 3. The molecule has 0 aromatic rings. The van der Waals surface area contributed by atoms with Gasteiger partial charge < -0.3 is 15.7 Å². The highest BCUT2D eigenvalue weighted by molar-refractivity contribution is 5.77. The summed E-state index contributed by atoms with van der Waals surface area (Å²) in [5, 5.41) is 22.7. The van der Waals surface area contributed by atoms with Crippen LogP contribution in [0, 0.1) is 17.2 Å². The fourth-order valence-electron chi connectivity index (χ4n) is 0.933. The summed E-state index contributed by atoms with van der Waals surface area (Å²) in [6, 6.07) is 2.04. The number of hydrogen-bond acceptors (Lipinski definition) is 4. The molecule has 1 amide bonds. The number of nitriles is 1. The van der Waals surface area contributed by atoms with E-state index in [0.29, 0.717) is 13.0 Å². The van der Waals surface area contributed by atoms with Crippen LogP contribution in [0.1, 0.15) is 20.3 Å². The molecular weight excluding hydrogens is 194 g/mol. The van der Waals surface area contributed by atoms with Gasteiger partial charge in [0.25, 0.3) is 0 Å². The minimum atomic E-state index is -0.123. The van der Waals surface area contributed by atoms with E-state index in [9.17, 15) is 4.79 Å². The predicted molar refractivity (Wildman–Crippen MR) is 57.0 cm³/mol. The lowest BCUT2D eigenvalue weighted by Gasteiger charge is -2.18. The quantitative estimate of drug-likeness (QED) is 0.503. The van der Waals surface area contributed by atoms with E-state index in [1.165, 1.54) is 0 Å². The van der Waals surface area contributed by atoms with Crippen LogP contribution >= 0.6 is 0 Å². The molecular formula is C10H19N3O2. The monoisotopic (exact) mass is 213 g/mol. The molecule has 0 spiro atoms. The maximum atomic E-state index is 11.2. The Hall–Kier alpha value is -1.12. The van der Waals surface area contributed by atoms with Crippen LogP contribution in [0.2, 0.25) is 0 Å². The highest BCUT2D eigenvalue weighted by atomic mass is 16.3. The first kappa shape index (κ1) is 13.9. The Bertz CT molecular complexity index is 225. The average Bonchev–Trinajstić information content (AvgIpc) is 2.25. The number of aliphatic hydroxyl groups excluding tert-OH is 1. The number of carbonyl (C=O) groups is 1. The van der Waals surface area contributed by atoms with Gasteiger partial charge in [-0.25, -0.2) is 0 Å². The average molecular weight is 213 g/mol. The van der Waals surface area contributed by atoms with Gasteiger partial charge in [0.05, 0.1) is 19.0 Å². The zero-order valence-electron chi connectivity index (χ0n) is 9.29. The molecule has 0 heterocycles. The number of nitrogens with one attached hydrogen (secondary N) is 2. The normalized spacial score (nSPS) is 14.0. The zero-order chi connectivity index (χ0) is 11.7. The number of nitrogens with zero attached hydrogens (tertiary/aromatic N) is 1. The first-order chi connectivity index (χ1) is 7.11. The molecule has 86 valence electrons. The van der Waals surface area contributed by atoms with E-state index in [2.05, 4.69) is 10.6 Å². The Balaban J connectivity index is 3.58. The molecule has 0 aromatic carbocycles. The second-order valence-electron chi connectivity index (χ2n) is 3.59. The van der Waals surface area contributed by atoms with Crippen LogP contribution in [0.25, 0.3) is 0 Å². The standard InChI is InChI=1S/C10H19N3O2/c1-8(7-14)9(2)13-6-10(15)12-5-3-4-11/h8-9,13-14H,3,5-7H2,1-2H3,(H,12,15). The van der Waals surface area contributed by atoms with Gasteiger partial charge in [0.2, 0.25) is 5.91 Å². The van der Waals surface area contributed by atoms with Crippen molar-refractivity contribution in [3.05, 3.63) is 0 Å². The summed E-state index contributed by atoms with van der Waals surface area (Å²) in [6.45, 7) is 4.54. The molecule has 5 heteroatoms. The summed E-state index contributed by atoms with van der Waals surface area (Å²) in [6.07, 6.45) is 0.328. The number of aliphatic hydroxyl groups is 1. The van der Waals surface area contributed by atoms with Crippen molar-refractivity contribution in [1.29, 1.82) is 5.26 Å². The van der Waals surface area contributed by atoms with E-state index >= 15 is 0 Å². The molecule has 0 aliphatic carbocycles. The number of carbonyl (C=O) groups excluding carboxylic acids is 1. The lowest BCUT2D eigenvalue weighted by Crippen LogP contribution is -2.41. The first-order valence-electron chi connectivity index (χ1n) is 5.09. The SMILES string of the molecule is CC(CO)C(C)NCC(=O)NCCC#N. The third-order valence-electron chi connectivity index (χ3n) is 2.29. The van der Waals surface area contributed by atoms with Crippen LogP contribution in [0.3, 0.4) is 0 Å². The third-order valence-corrected chi connectivity index (χ3v) is 2.29. The lowest BCUT2D eigenvalue weighted by atomic mass is 10.1. The van der Waals surface area contributed by atoms with Gasteiger partial charge in [-0.3, -0.25) is 4.79 Å². The van der Waals surface area contributed by atoms with Crippen molar-refractivity contribution in [2.45, 2.75) is 26.3 Å². The summed E-state index contributed by atoms with van der Waals surface area (Å²) in [5.74, 6) is -0.000789. The number of amides is 1. The van der Waals surface area contributed by atoms with Crippen LogP contribution < -0.4 is 10.6 Å². The van der Waals surface area contributed by atoms with Crippen molar-refractivity contribution in [3.8, 4) is 6.07 Å². The Labute approximate surface area is 90.5 Å². The zero-order valence-corrected chi connectivity index (χ0v) is 9.29. The molecule has 15 heavy (non-hydrogen) atoms. The summed E-state index contributed by atoms with van der Waals surface area (Å²) in [7, 11) is 0. The highest BCUT2D eigenvalue weighted by Gasteiger charge is 2.11. The van der Waals surface area contributed by atoms with E-state index in [4.69, 9.17) is 10.4 Å². The van der Waals surface area contributed by atoms with Crippen molar-refractivity contribution in [1.82, 2.24) is 10.6 Å². The minimum absolute atomic E-state index is 0.0942. The van der Waals surface area contributed by atoms with Crippen molar-refractivity contribution in [3.63, 3.8) is 0 Å². The topological polar surface area (TPSA) is 85.2 Å². The molecule has 3 N–H and O–H groups in total. The maximum Gasteiger partial charge on any atom is 0.233 e. The van der Waals surface area contributed by atoms with Gasteiger partial charge in [-0.2, -0.15) is 5.26 Å². The summed E-state index contributed by atoms with van der Waals surface area (Å²) >= 11 is 0.